The summed E-state index contributed by atoms with van der Waals surface area (Å²) in [6.07, 6.45) is 2.38. The van der Waals surface area contributed by atoms with Crippen molar-refractivity contribution in [2.75, 3.05) is 6.54 Å². The van der Waals surface area contributed by atoms with E-state index in [0.29, 0.717) is 12.0 Å². The first kappa shape index (κ1) is 12.7. The summed E-state index contributed by atoms with van der Waals surface area (Å²) >= 11 is 1.79. The van der Waals surface area contributed by atoms with E-state index < -0.39 is 0 Å². The predicted molar refractivity (Wildman–Crippen MR) is 67.5 cm³/mol. The summed E-state index contributed by atoms with van der Waals surface area (Å²) in [6, 6.07) is 0.456. The maximum atomic E-state index is 4.70. The van der Waals surface area contributed by atoms with E-state index in [2.05, 4.69) is 38.4 Å². The third kappa shape index (κ3) is 3.58. The summed E-state index contributed by atoms with van der Waals surface area (Å²) in [5, 5.41) is 6.95. The molecule has 2 nitrogen and oxygen atoms in total. The van der Waals surface area contributed by atoms with Gasteiger partial charge in [-0.05, 0) is 18.9 Å². The van der Waals surface area contributed by atoms with Gasteiger partial charge >= 0.3 is 0 Å². The summed E-state index contributed by atoms with van der Waals surface area (Å²) < 4.78 is 0. The molecule has 1 aromatic rings. The van der Waals surface area contributed by atoms with Gasteiger partial charge in [-0.1, -0.05) is 34.1 Å². The Morgan fingerprint density at radius 2 is 2.13 bits per heavy atom. The Balaban J connectivity index is 2.72. The number of thiazole rings is 1. The van der Waals surface area contributed by atoms with Crippen molar-refractivity contribution in [1.29, 1.82) is 0 Å². The van der Waals surface area contributed by atoms with Crippen LogP contribution in [0.5, 0.6) is 0 Å². The Morgan fingerprint density at radius 3 is 2.60 bits per heavy atom. The van der Waals surface area contributed by atoms with Gasteiger partial charge in [0.05, 0.1) is 11.7 Å². The molecule has 0 amide bonds. The molecular formula is C12H22N2S. The maximum Gasteiger partial charge on any atom is 0.110 e. The fraction of sp³-hybridized carbons (Fsp3) is 0.750. The zero-order chi connectivity index (χ0) is 11.3. The Hall–Kier alpha value is -0.410. The first-order valence-electron chi connectivity index (χ1n) is 5.87. The van der Waals surface area contributed by atoms with Crippen molar-refractivity contribution in [3.63, 3.8) is 0 Å². The molecule has 15 heavy (non-hydrogen) atoms. The molecule has 0 saturated heterocycles. The van der Waals surface area contributed by atoms with Crippen LogP contribution < -0.4 is 5.32 Å². The first-order chi connectivity index (χ1) is 7.19. The summed E-state index contributed by atoms with van der Waals surface area (Å²) in [7, 11) is 0. The lowest BCUT2D eigenvalue weighted by atomic mass is 10.1. The van der Waals surface area contributed by atoms with Gasteiger partial charge in [-0.15, -0.1) is 11.3 Å². The van der Waals surface area contributed by atoms with Gasteiger partial charge in [-0.3, -0.25) is 0 Å². The van der Waals surface area contributed by atoms with E-state index in [0.717, 1.165) is 6.54 Å². The smallest absolute Gasteiger partial charge is 0.110 e. The molecule has 1 aromatic heterocycles. The summed E-state index contributed by atoms with van der Waals surface area (Å²) in [6.45, 7) is 9.78. The fourth-order valence-corrected chi connectivity index (χ4v) is 2.66. The second kappa shape index (κ2) is 6.23. The van der Waals surface area contributed by atoms with Gasteiger partial charge in [0.2, 0.25) is 0 Å². The third-order valence-corrected chi connectivity index (χ3v) is 3.43. The van der Waals surface area contributed by atoms with Crippen LogP contribution in [0.15, 0.2) is 5.38 Å². The van der Waals surface area contributed by atoms with Gasteiger partial charge in [0.1, 0.15) is 5.01 Å². The van der Waals surface area contributed by atoms with Crippen LogP contribution in [0.3, 0.4) is 0 Å². The molecule has 0 radical (unpaired) electrons. The minimum Gasteiger partial charge on any atom is -0.308 e. The topological polar surface area (TPSA) is 24.9 Å². The van der Waals surface area contributed by atoms with Crippen LogP contribution in [-0.4, -0.2) is 11.5 Å². The Labute approximate surface area is 97.1 Å². The van der Waals surface area contributed by atoms with E-state index >= 15 is 0 Å². The molecule has 0 fully saturated rings. The molecule has 0 saturated carbocycles. The second-order valence-electron chi connectivity index (χ2n) is 4.16. The number of nitrogens with one attached hydrogen (secondary N) is 1. The van der Waals surface area contributed by atoms with Gasteiger partial charge in [0.25, 0.3) is 0 Å². The zero-order valence-electron chi connectivity index (χ0n) is 10.2. The highest BCUT2D eigenvalue weighted by atomic mass is 32.1. The first-order valence-corrected chi connectivity index (χ1v) is 6.75. The van der Waals surface area contributed by atoms with Crippen LogP contribution in [0, 0.1) is 0 Å². The molecule has 1 rings (SSSR count). The molecule has 0 aliphatic carbocycles. The number of hydrogen-bond donors (Lipinski definition) is 1. The minimum atomic E-state index is 0.456. The lowest BCUT2D eigenvalue weighted by Crippen LogP contribution is -2.20. The molecule has 86 valence electrons. The lowest BCUT2D eigenvalue weighted by molar-refractivity contribution is 0.505. The van der Waals surface area contributed by atoms with Crippen LogP contribution >= 0.6 is 11.3 Å². The highest BCUT2D eigenvalue weighted by Gasteiger charge is 2.14. The molecule has 3 heteroatoms. The van der Waals surface area contributed by atoms with Crippen molar-refractivity contribution in [3.8, 4) is 0 Å². The second-order valence-corrected chi connectivity index (χ2v) is 5.05. The normalized spacial score (nSPS) is 13.4. The standard InChI is InChI=1S/C12H22N2S/c1-5-7-10(13-6-2)12-14-11(8-15-12)9(3)4/h8-10,13H,5-7H2,1-4H3. The molecule has 0 aliphatic rings. The number of hydrogen-bond acceptors (Lipinski definition) is 3. The Kier molecular flexibility index (Phi) is 5.26. The summed E-state index contributed by atoms with van der Waals surface area (Å²) in [4.78, 5) is 4.70. The molecule has 1 atom stereocenters. The van der Waals surface area contributed by atoms with E-state index in [4.69, 9.17) is 4.98 Å². The van der Waals surface area contributed by atoms with Crippen molar-refractivity contribution < 1.29 is 0 Å². The maximum absolute atomic E-state index is 4.70. The van der Waals surface area contributed by atoms with Crippen molar-refractivity contribution in [2.24, 2.45) is 0 Å². The van der Waals surface area contributed by atoms with Crippen LogP contribution in [0.2, 0.25) is 0 Å². The van der Waals surface area contributed by atoms with Crippen molar-refractivity contribution in [2.45, 2.75) is 52.5 Å². The molecule has 0 bridgehead atoms. The van der Waals surface area contributed by atoms with Gasteiger partial charge in [-0.2, -0.15) is 0 Å². The zero-order valence-corrected chi connectivity index (χ0v) is 11.0. The lowest BCUT2D eigenvalue weighted by Gasteiger charge is -2.13. The highest BCUT2D eigenvalue weighted by Crippen LogP contribution is 2.25. The summed E-state index contributed by atoms with van der Waals surface area (Å²) in [5.74, 6) is 0.541. The van der Waals surface area contributed by atoms with Crippen LogP contribution in [0.4, 0.5) is 0 Å². The van der Waals surface area contributed by atoms with Gasteiger partial charge in [0, 0.05) is 5.38 Å². The van der Waals surface area contributed by atoms with E-state index in [1.54, 1.807) is 11.3 Å². The average Bonchev–Trinajstić information content (AvgIpc) is 2.66. The Bertz CT molecular complexity index is 275. The van der Waals surface area contributed by atoms with E-state index in [-0.39, 0.29) is 0 Å². The van der Waals surface area contributed by atoms with Gasteiger partial charge in [-0.25, -0.2) is 4.98 Å². The molecule has 0 aliphatic heterocycles. The van der Waals surface area contributed by atoms with E-state index in [9.17, 15) is 0 Å². The molecule has 1 N–H and O–H groups in total. The SMILES string of the molecule is CCCC(NCC)c1nc(C(C)C)cs1. The van der Waals surface area contributed by atoms with Crippen LogP contribution in [0.25, 0.3) is 0 Å². The minimum absolute atomic E-state index is 0.456. The Morgan fingerprint density at radius 1 is 1.40 bits per heavy atom. The predicted octanol–water partition coefficient (Wildman–Crippen LogP) is 3.72. The van der Waals surface area contributed by atoms with Gasteiger partial charge in [0.15, 0.2) is 0 Å². The van der Waals surface area contributed by atoms with Crippen LogP contribution in [-0.2, 0) is 0 Å². The monoisotopic (exact) mass is 226 g/mol. The summed E-state index contributed by atoms with van der Waals surface area (Å²) in [5.41, 5.74) is 1.23. The quantitative estimate of drug-likeness (QED) is 0.799. The van der Waals surface area contributed by atoms with Crippen molar-refractivity contribution in [3.05, 3.63) is 16.1 Å². The molecule has 1 unspecified atom stereocenters. The van der Waals surface area contributed by atoms with Gasteiger partial charge < -0.3 is 5.32 Å². The fourth-order valence-electron chi connectivity index (χ4n) is 1.57. The van der Waals surface area contributed by atoms with E-state index in [1.165, 1.54) is 23.5 Å². The molecular weight excluding hydrogens is 204 g/mol. The molecule has 1 heterocycles. The van der Waals surface area contributed by atoms with Crippen molar-refractivity contribution >= 4 is 11.3 Å². The van der Waals surface area contributed by atoms with Crippen molar-refractivity contribution in [1.82, 2.24) is 10.3 Å². The third-order valence-electron chi connectivity index (χ3n) is 2.46. The van der Waals surface area contributed by atoms with Crippen LogP contribution in [0.1, 0.15) is 63.2 Å². The largest absolute Gasteiger partial charge is 0.308 e. The number of aromatic nitrogens is 1. The highest BCUT2D eigenvalue weighted by molar-refractivity contribution is 7.09. The molecule has 0 spiro atoms. The number of rotatable bonds is 6. The van der Waals surface area contributed by atoms with E-state index in [1.807, 2.05) is 0 Å². The average molecular weight is 226 g/mol. The number of nitrogens with zero attached hydrogens (tertiary/aromatic N) is 1. The molecule has 0 aromatic carbocycles.